The van der Waals surface area contributed by atoms with E-state index in [2.05, 4.69) is 17.9 Å². The number of hydrogen-bond acceptors (Lipinski definition) is 5. The quantitative estimate of drug-likeness (QED) is 0.544. The zero-order chi connectivity index (χ0) is 22.2. The highest BCUT2D eigenvalue weighted by Crippen LogP contribution is 2.38. The minimum atomic E-state index is -4.48. The van der Waals surface area contributed by atoms with E-state index in [9.17, 15) is 23.2 Å². The van der Waals surface area contributed by atoms with Crippen molar-refractivity contribution in [3.63, 3.8) is 0 Å². The van der Waals surface area contributed by atoms with Crippen molar-refractivity contribution in [2.75, 3.05) is 4.90 Å². The molecule has 2 heterocycles. The summed E-state index contributed by atoms with van der Waals surface area (Å²) < 4.78 is 45.0. The van der Waals surface area contributed by atoms with Crippen molar-refractivity contribution in [3.05, 3.63) is 88.7 Å². The number of alkyl halides is 3. The molecule has 0 fully saturated rings. The molecule has 1 N–H and O–H groups in total. The Morgan fingerprint density at radius 1 is 1.06 bits per heavy atom. The zero-order valence-corrected chi connectivity index (χ0v) is 16.6. The lowest BCUT2D eigenvalue weighted by Crippen LogP contribution is -2.45. The fourth-order valence-electron chi connectivity index (χ4n) is 3.27. The van der Waals surface area contributed by atoms with Crippen LogP contribution in [0, 0.1) is 11.3 Å². The number of anilines is 1. The molecule has 0 spiro atoms. The van der Waals surface area contributed by atoms with E-state index < -0.39 is 23.8 Å². The number of nitriles is 1. The van der Waals surface area contributed by atoms with Gasteiger partial charge in [0.05, 0.1) is 10.6 Å². The number of para-hydroxylation sites is 1. The first-order valence-electron chi connectivity index (χ1n) is 9.05. The molecule has 1 aromatic heterocycles. The summed E-state index contributed by atoms with van der Waals surface area (Å²) in [4.78, 5) is 14.0. The van der Waals surface area contributed by atoms with Gasteiger partial charge in [-0.15, -0.1) is 12.6 Å². The molecule has 1 aliphatic rings. The van der Waals surface area contributed by atoms with Gasteiger partial charge in [0, 0.05) is 11.3 Å². The van der Waals surface area contributed by atoms with Gasteiger partial charge in [-0.3, -0.25) is 4.79 Å². The predicted molar refractivity (Wildman–Crippen MR) is 111 cm³/mol. The molecule has 156 valence electrons. The lowest BCUT2D eigenvalue weighted by Gasteiger charge is -2.36. The third-order valence-electron chi connectivity index (χ3n) is 4.72. The van der Waals surface area contributed by atoms with Crippen molar-refractivity contribution in [1.82, 2.24) is 5.32 Å². The summed E-state index contributed by atoms with van der Waals surface area (Å²) in [5, 5.41) is 12.2. The number of nitrogens with one attached hydrogen (secondary N) is 1. The molecule has 0 saturated heterocycles. The van der Waals surface area contributed by atoms with E-state index >= 15 is 0 Å². The Labute approximate surface area is 180 Å². The first-order chi connectivity index (χ1) is 14.8. The Morgan fingerprint density at radius 2 is 1.81 bits per heavy atom. The number of furan rings is 1. The Hall–Kier alpha value is -3.64. The molecule has 1 unspecified atom stereocenters. The predicted octanol–water partition coefficient (Wildman–Crippen LogP) is 5.27. The molecule has 9 heteroatoms. The average molecular weight is 441 g/mol. The summed E-state index contributed by atoms with van der Waals surface area (Å²) in [6.45, 7) is 0. The van der Waals surface area contributed by atoms with Crippen LogP contribution in [-0.2, 0) is 11.0 Å². The average Bonchev–Trinajstić information content (AvgIpc) is 3.24. The topological polar surface area (TPSA) is 69.3 Å². The van der Waals surface area contributed by atoms with Crippen LogP contribution in [0.3, 0.4) is 0 Å². The van der Waals surface area contributed by atoms with E-state index in [0.717, 1.165) is 12.1 Å². The largest absolute Gasteiger partial charge is 0.457 e. The number of hydrogen-bond donors (Lipinski definition) is 2. The normalized spacial score (nSPS) is 16.8. The third kappa shape index (κ3) is 3.90. The number of rotatable bonds is 3. The maximum Gasteiger partial charge on any atom is 0.416 e. The van der Waals surface area contributed by atoms with E-state index in [-0.39, 0.29) is 27.7 Å². The van der Waals surface area contributed by atoms with Gasteiger partial charge in [-0.25, -0.2) is 0 Å². The van der Waals surface area contributed by atoms with Crippen LogP contribution in [0.1, 0.15) is 17.5 Å². The number of benzene rings is 2. The summed E-state index contributed by atoms with van der Waals surface area (Å²) in [7, 11) is 0. The molecule has 0 aliphatic carbocycles. The van der Waals surface area contributed by atoms with Gasteiger partial charge < -0.3 is 14.6 Å². The first-order valence-corrected chi connectivity index (χ1v) is 9.50. The number of thiol groups is 1. The molecule has 2 aromatic carbocycles. The molecule has 0 radical (unpaired) electrons. The number of carbonyl (C=O) groups is 1. The van der Waals surface area contributed by atoms with Crippen LogP contribution < -0.4 is 10.2 Å². The van der Waals surface area contributed by atoms with E-state index in [4.69, 9.17) is 4.42 Å². The SMILES string of the molecule is N#CC1=C(S)N(c2ccccc2)C(c2ccc(-c3cccc(C(F)(F)F)c3)o2)NC1=O. The molecule has 4 rings (SSSR count). The molecule has 0 bridgehead atoms. The van der Waals surface area contributed by atoms with Crippen LogP contribution in [0.15, 0.2) is 81.7 Å². The second kappa shape index (κ2) is 7.89. The molecule has 5 nitrogen and oxygen atoms in total. The fourth-order valence-corrected chi connectivity index (χ4v) is 3.65. The maximum absolute atomic E-state index is 13.1. The summed E-state index contributed by atoms with van der Waals surface area (Å²) in [5.74, 6) is -0.144. The number of nitrogens with zero attached hydrogens (tertiary/aromatic N) is 2. The van der Waals surface area contributed by atoms with Gasteiger partial charge in [0.1, 0.15) is 23.2 Å². The molecule has 1 aliphatic heterocycles. The minimum Gasteiger partial charge on any atom is -0.457 e. The van der Waals surface area contributed by atoms with Crippen LogP contribution in [0.2, 0.25) is 0 Å². The summed E-state index contributed by atoms with van der Waals surface area (Å²) in [6, 6.07) is 18.6. The molecule has 1 amide bonds. The van der Waals surface area contributed by atoms with Gasteiger partial charge in [-0.05, 0) is 36.4 Å². The summed E-state index contributed by atoms with van der Waals surface area (Å²) >= 11 is 4.39. The Morgan fingerprint density at radius 3 is 2.48 bits per heavy atom. The third-order valence-corrected chi connectivity index (χ3v) is 5.16. The monoisotopic (exact) mass is 441 g/mol. The molecular weight excluding hydrogens is 427 g/mol. The Balaban J connectivity index is 1.76. The highest BCUT2D eigenvalue weighted by atomic mass is 32.1. The molecule has 0 saturated carbocycles. The molecule has 3 aromatic rings. The fraction of sp³-hybridized carbons (Fsp3) is 0.0909. The van der Waals surface area contributed by atoms with Crippen molar-refractivity contribution < 1.29 is 22.4 Å². The minimum absolute atomic E-state index is 0.138. The summed E-state index contributed by atoms with van der Waals surface area (Å²) in [5.41, 5.74) is -0.0664. The highest BCUT2D eigenvalue weighted by molar-refractivity contribution is 7.84. The smallest absolute Gasteiger partial charge is 0.416 e. The van der Waals surface area contributed by atoms with Crippen molar-refractivity contribution in [1.29, 1.82) is 5.26 Å². The van der Waals surface area contributed by atoms with Gasteiger partial charge >= 0.3 is 6.18 Å². The lowest BCUT2D eigenvalue weighted by molar-refractivity contribution is -0.137. The van der Waals surface area contributed by atoms with Crippen LogP contribution >= 0.6 is 12.6 Å². The first kappa shape index (κ1) is 20.6. The molecular formula is C22H14F3N3O2S. The second-order valence-electron chi connectivity index (χ2n) is 6.67. The van der Waals surface area contributed by atoms with Gasteiger partial charge in [0.15, 0.2) is 6.17 Å². The zero-order valence-electron chi connectivity index (χ0n) is 15.7. The number of carbonyl (C=O) groups excluding carboxylic acids is 1. The van der Waals surface area contributed by atoms with Crippen LogP contribution in [-0.4, -0.2) is 5.91 Å². The van der Waals surface area contributed by atoms with Crippen LogP contribution in [0.4, 0.5) is 18.9 Å². The number of amides is 1. The van der Waals surface area contributed by atoms with Crippen LogP contribution in [0.5, 0.6) is 0 Å². The van der Waals surface area contributed by atoms with E-state index in [1.54, 1.807) is 35.2 Å². The Bertz CT molecular complexity index is 1210. The van der Waals surface area contributed by atoms with Crippen molar-refractivity contribution >= 4 is 24.2 Å². The van der Waals surface area contributed by atoms with E-state index in [0.29, 0.717) is 5.69 Å². The van der Waals surface area contributed by atoms with Crippen molar-refractivity contribution in [2.24, 2.45) is 0 Å². The highest BCUT2D eigenvalue weighted by Gasteiger charge is 2.36. The molecule has 1 atom stereocenters. The maximum atomic E-state index is 13.1. The van der Waals surface area contributed by atoms with Crippen molar-refractivity contribution in [2.45, 2.75) is 12.3 Å². The summed E-state index contributed by atoms with van der Waals surface area (Å²) in [6.07, 6.45) is -5.33. The number of halogens is 3. The molecule has 31 heavy (non-hydrogen) atoms. The van der Waals surface area contributed by atoms with Gasteiger partial charge in [0.2, 0.25) is 0 Å². The van der Waals surface area contributed by atoms with Gasteiger partial charge in [0.25, 0.3) is 5.91 Å². The van der Waals surface area contributed by atoms with Gasteiger partial charge in [-0.2, -0.15) is 18.4 Å². The van der Waals surface area contributed by atoms with E-state index in [1.807, 2.05) is 12.1 Å². The standard InChI is InChI=1S/C22H14F3N3O2S/c23-22(24,25)14-6-4-5-13(11-14)17-9-10-18(30-17)19-27-20(29)16(12-26)21(31)28(19)15-7-2-1-3-8-15/h1-11,19,31H,(H,27,29). The van der Waals surface area contributed by atoms with Gasteiger partial charge in [-0.1, -0.05) is 30.3 Å². The Kier molecular flexibility index (Phi) is 5.25. The van der Waals surface area contributed by atoms with Crippen molar-refractivity contribution in [3.8, 4) is 17.4 Å². The lowest BCUT2D eigenvalue weighted by atomic mass is 10.1. The second-order valence-corrected chi connectivity index (χ2v) is 7.10. The van der Waals surface area contributed by atoms with Crippen LogP contribution in [0.25, 0.3) is 11.3 Å². The van der Waals surface area contributed by atoms with E-state index in [1.165, 1.54) is 18.2 Å².